The highest BCUT2D eigenvalue weighted by Gasteiger charge is 2.15. The van der Waals surface area contributed by atoms with Crippen molar-refractivity contribution in [2.24, 2.45) is 5.41 Å². The summed E-state index contributed by atoms with van der Waals surface area (Å²) in [5.41, 5.74) is 0.853. The Morgan fingerprint density at radius 3 is 2.67 bits per heavy atom. The van der Waals surface area contributed by atoms with Crippen molar-refractivity contribution < 1.29 is 9.47 Å². The average Bonchev–Trinajstić information content (AvgIpc) is 2.48. The average molecular weight is 290 g/mol. The molecule has 0 fully saturated rings. The molecule has 0 aliphatic rings. The van der Waals surface area contributed by atoms with Crippen LogP contribution in [0.3, 0.4) is 0 Å². The monoisotopic (exact) mass is 290 g/mol. The van der Waals surface area contributed by atoms with Gasteiger partial charge < -0.3 is 14.8 Å². The smallest absolute Gasteiger partial charge is 0.124 e. The minimum absolute atomic E-state index is 0.239. The first-order valence-electron chi connectivity index (χ1n) is 7.38. The maximum atomic E-state index is 8.97. The topological polar surface area (TPSA) is 54.3 Å². The van der Waals surface area contributed by atoms with Crippen LogP contribution in [0.2, 0.25) is 0 Å². The van der Waals surface area contributed by atoms with Crippen molar-refractivity contribution in [1.29, 1.82) is 5.26 Å². The van der Waals surface area contributed by atoms with E-state index < -0.39 is 0 Å². The van der Waals surface area contributed by atoms with Gasteiger partial charge in [0.2, 0.25) is 0 Å². The Morgan fingerprint density at radius 2 is 2.05 bits per heavy atom. The fraction of sp³-hybridized carbons (Fsp3) is 0.588. The summed E-state index contributed by atoms with van der Waals surface area (Å²) in [6.45, 7) is 5.36. The number of hydrogen-bond acceptors (Lipinski definition) is 4. The molecule has 4 nitrogen and oxygen atoms in total. The lowest BCUT2D eigenvalue weighted by atomic mass is 9.89. The third-order valence-corrected chi connectivity index (χ3v) is 3.39. The molecular formula is C17H26N2O2. The van der Waals surface area contributed by atoms with E-state index in [4.69, 9.17) is 14.7 Å². The van der Waals surface area contributed by atoms with E-state index in [0.717, 1.165) is 42.9 Å². The number of hydrogen-bond donors (Lipinski definition) is 1. The summed E-state index contributed by atoms with van der Waals surface area (Å²) in [4.78, 5) is 0. The second-order valence-corrected chi connectivity index (χ2v) is 5.81. The molecule has 21 heavy (non-hydrogen) atoms. The Morgan fingerprint density at radius 1 is 1.29 bits per heavy atom. The fourth-order valence-electron chi connectivity index (χ4n) is 2.06. The minimum atomic E-state index is -0.239. The van der Waals surface area contributed by atoms with Gasteiger partial charge in [-0.2, -0.15) is 5.26 Å². The lowest BCUT2D eigenvalue weighted by molar-refractivity contribution is 0.291. The van der Waals surface area contributed by atoms with Crippen molar-refractivity contribution in [1.82, 2.24) is 5.32 Å². The molecule has 0 bridgehead atoms. The van der Waals surface area contributed by atoms with E-state index in [1.807, 2.05) is 39.1 Å². The lowest BCUT2D eigenvalue weighted by Crippen LogP contribution is -2.10. The minimum Gasteiger partial charge on any atom is -0.497 e. The van der Waals surface area contributed by atoms with Crippen LogP contribution >= 0.6 is 0 Å². The largest absolute Gasteiger partial charge is 0.497 e. The summed E-state index contributed by atoms with van der Waals surface area (Å²) in [5, 5.41) is 12.1. The van der Waals surface area contributed by atoms with Gasteiger partial charge in [0.1, 0.15) is 11.5 Å². The highest BCUT2D eigenvalue weighted by molar-refractivity contribution is 5.40. The van der Waals surface area contributed by atoms with Crippen LogP contribution in [0.15, 0.2) is 18.2 Å². The molecule has 0 saturated heterocycles. The normalized spacial score (nSPS) is 11.0. The van der Waals surface area contributed by atoms with Crippen molar-refractivity contribution in [3.8, 4) is 17.6 Å². The van der Waals surface area contributed by atoms with Crippen LogP contribution in [0.25, 0.3) is 0 Å². The summed E-state index contributed by atoms with van der Waals surface area (Å²) in [5.74, 6) is 1.73. The van der Waals surface area contributed by atoms with Crippen LogP contribution in [-0.2, 0) is 6.54 Å². The highest BCUT2D eigenvalue weighted by Crippen LogP contribution is 2.25. The standard InChI is InChI=1S/C17H26N2O2/c1-17(2,13-18)9-5-6-10-21-16-8-7-15(20-4)11-14(16)12-19-3/h7-8,11,19H,5-6,9-10,12H2,1-4H3. The Bertz CT molecular complexity index is 478. The molecule has 0 radical (unpaired) electrons. The SMILES string of the molecule is CNCc1cc(OC)ccc1OCCCCC(C)(C)C#N. The molecule has 0 heterocycles. The molecule has 0 aromatic heterocycles. The highest BCUT2D eigenvalue weighted by atomic mass is 16.5. The van der Waals surface area contributed by atoms with E-state index in [-0.39, 0.29) is 5.41 Å². The second-order valence-electron chi connectivity index (χ2n) is 5.81. The van der Waals surface area contributed by atoms with Gasteiger partial charge in [-0.3, -0.25) is 0 Å². The third kappa shape index (κ3) is 6.05. The molecule has 0 spiro atoms. The number of ether oxygens (including phenoxy) is 2. The van der Waals surface area contributed by atoms with E-state index in [2.05, 4.69) is 11.4 Å². The zero-order valence-corrected chi connectivity index (χ0v) is 13.5. The fourth-order valence-corrected chi connectivity index (χ4v) is 2.06. The molecule has 0 unspecified atom stereocenters. The van der Waals surface area contributed by atoms with Crippen LogP contribution in [0.1, 0.15) is 38.7 Å². The summed E-state index contributed by atoms with van der Waals surface area (Å²) >= 11 is 0. The number of unbranched alkanes of at least 4 members (excludes halogenated alkanes) is 1. The summed E-state index contributed by atoms with van der Waals surface area (Å²) in [7, 11) is 3.57. The molecule has 4 heteroatoms. The maximum absolute atomic E-state index is 8.97. The first kappa shape index (κ1) is 17.3. The van der Waals surface area contributed by atoms with E-state index in [1.54, 1.807) is 7.11 Å². The second kappa shape index (κ2) is 8.53. The van der Waals surface area contributed by atoms with Crippen molar-refractivity contribution in [3.05, 3.63) is 23.8 Å². The molecular weight excluding hydrogens is 264 g/mol. The number of nitrogens with zero attached hydrogens (tertiary/aromatic N) is 1. The number of nitrogens with one attached hydrogen (secondary N) is 1. The van der Waals surface area contributed by atoms with Crippen LogP contribution in [0, 0.1) is 16.7 Å². The van der Waals surface area contributed by atoms with Crippen LogP contribution < -0.4 is 14.8 Å². The number of methoxy groups -OCH3 is 1. The van der Waals surface area contributed by atoms with E-state index in [1.165, 1.54) is 0 Å². The Balaban J connectivity index is 2.46. The summed E-state index contributed by atoms with van der Waals surface area (Å²) in [6, 6.07) is 8.18. The molecule has 1 aromatic carbocycles. The Hall–Kier alpha value is -1.73. The molecule has 0 amide bonds. The first-order chi connectivity index (χ1) is 10.0. The molecule has 1 rings (SSSR count). The van der Waals surface area contributed by atoms with Crippen molar-refractivity contribution in [2.75, 3.05) is 20.8 Å². The zero-order valence-electron chi connectivity index (χ0n) is 13.5. The molecule has 1 aromatic rings. The van der Waals surface area contributed by atoms with Gasteiger partial charge in [0, 0.05) is 12.1 Å². The van der Waals surface area contributed by atoms with Gasteiger partial charge in [0.25, 0.3) is 0 Å². The molecule has 0 aliphatic heterocycles. The maximum Gasteiger partial charge on any atom is 0.124 e. The summed E-state index contributed by atoms with van der Waals surface area (Å²) in [6.07, 6.45) is 2.85. The van der Waals surface area contributed by atoms with Gasteiger partial charge in [-0.1, -0.05) is 0 Å². The molecule has 116 valence electrons. The van der Waals surface area contributed by atoms with Crippen LogP contribution in [0.4, 0.5) is 0 Å². The quantitative estimate of drug-likeness (QED) is 0.707. The molecule has 0 saturated carbocycles. The summed E-state index contributed by atoms with van der Waals surface area (Å²) < 4.78 is 11.1. The molecule has 0 aliphatic carbocycles. The van der Waals surface area contributed by atoms with Crippen molar-refractivity contribution >= 4 is 0 Å². The van der Waals surface area contributed by atoms with Crippen molar-refractivity contribution in [3.63, 3.8) is 0 Å². The third-order valence-electron chi connectivity index (χ3n) is 3.39. The van der Waals surface area contributed by atoms with Gasteiger partial charge >= 0.3 is 0 Å². The first-order valence-corrected chi connectivity index (χ1v) is 7.38. The van der Waals surface area contributed by atoms with E-state index in [9.17, 15) is 0 Å². The van der Waals surface area contributed by atoms with Gasteiger partial charge in [-0.25, -0.2) is 0 Å². The number of benzene rings is 1. The van der Waals surface area contributed by atoms with Crippen molar-refractivity contribution in [2.45, 2.75) is 39.7 Å². The predicted molar refractivity (Wildman–Crippen MR) is 84.5 cm³/mol. The Kier molecular flexibility index (Phi) is 7.04. The molecule has 1 N–H and O–H groups in total. The van der Waals surface area contributed by atoms with E-state index >= 15 is 0 Å². The van der Waals surface area contributed by atoms with Gasteiger partial charge in [0.15, 0.2) is 0 Å². The van der Waals surface area contributed by atoms with Crippen LogP contribution in [-0.4, -0.2) is 20.8 Å². The van der Waals surface area contributed by atoms with Gasteiger partial charge in [-0.15, -0.1) is 0 Å². The predicted octanol–water partition coefficient (Wildman–Crippen LogP) is 3.51. The Labute approximate surface area is 128 Å². The lowest BCUT2D eigenvalue weighted by Gasteiger charge is -2.15. The number of nitriles is 1. The zero-order chi connectivity index (χ0) is 15.7. The van der Waals surface area contributed by atoms with Gasteiger partial charge in [0.05, 0.1) is 25.2 Å². The van der Waals surface area contributed by atoms with E-state index in [0.29, 0.717) is 6.61 Å². The number of rotatable bonds is 9. The molecule has 0 atom stereocenters. The van der Waals surface area contributed by atoms with Gasteiger partial charge in [-0.05, 0) is 58.4 Å². The van der Waals surface area contributed by atoms with Crippen LogP contribution in [0.5, 0.6) is 11.5 Å².